The quantitative estimate of drug-likeness (QED) is 0.765. The van der Waals surface area contributed by atoms with E-state index in [1.54, 1.807) is 32.0 Å². The molecule has 0 radical (unpaired) electrons. The van der Waals surface area contributed by atoms with Crippen LogP contribution in [0.5, 0.6) is 5.75 Å². The van der Waals surface area contributed by atoms with Gasteiger partial charge in [0.25, 0.3) is 0 Å². The number of benzene rings is 1. The van der Waals surface area contributed by atoms with E-state index in [9.17, 15) is 20.0 Å². The average molecular weight is 318 g/mol. The van der Waals surface area contributed by atoms with Crippen LogP contribution in [0.25, 0.3) is 0 Å². The van der Waals surface area contributed by atoms with Crippen LogP contribution in [0.3, 0.4) is 0 Å². The number of carbonyl (C=O) groups excluding carboxylic acids is 1. The Morgan fingerprint density at radius 1 is 1.39 bits per heavy atom. The minimum atomic E-state index is -1.08. The number of nitriles is 1. The summed E-state index contributed by atoms with van der Waals surface area (Å²) in [5.41, 5.74) is -0.266. The van der Waals surface area contributed by atoms with Crippen LogP contribution in [-0.2, 0) is 9.59 Å². The molecule has 0 aliphatic carbocycles. The summed E-state index contributed by atoms with van der Waals surface area (Å²) in [5, 5.41) is 31.1. The van der Waals surface area contributed by atoms with E-state index in [-0.39, 0.29) is 12.8 Å². The Bertz CT molecular complexity index is 678. The third-order valence-electron chi connectivity index (χ3n) is 3.78. The molecule has 2 rings (SSSR count). The molecule has 1 aliphatic heterocycles. The number of nitrogens with zero attached hydrogens (tertiary/aromatic N) is 1. The summed E-state index contributed by atoms with van der Waals surface area (Å²) in [7, 11) is 0. The lowest BCUT2D eigenvalue weighted by Crippen LogP contribution is -2.53. The Labute approximate surface area is 133 Å². The summed E-state index contributed by atoms with van der Waals surface area (Å²) < 4.78 is 5.74. The van der Waals surface area contributed by atoms with Crippen molar-refractivity contribution in [1.29, 1.82) is 5.26 Å². The molecule has 3 N–H and O–H groups in total. The van der Waals surface area contributed by atoms with Crippen molar-refractivity contribution in [3.8, 4) is 11.8 Å². The summed E-state index contributed by atoms with van der Waals surface area (Å²) in [4.78, 5) is 22.5. The zero-order chi connectivity index (χ0) is 17.2. The molecule has 2 unspecified atom stereocenters. The number of fused-ring (bicyclic) bond motifs is 1. The van der Waals surface area contributed by atoms with E-state index in [0.29, 0.717) is 16.9 Å². The van der Waals surface area contributed by atoms with Crippen LogP contribution in [-0.4, -0.2) is 33.8 Å². The van der Waals surface area contributed by atoms with Crippen LogP contribution in [0.2, 0.25) is 0 Å². The molecule has 1 aromatic carbocycles. The third-order valence-corrected chi connectivity index (χ3v) is 3.78. The summed E-state index contributed by atoms with van der Waals surface area (Å²) in [5.74, 6) is -1.16. The lowest BCUT2D eigenvalue weighted by molar-refractivity contribution is -0.139. The highest BCUT2D eigenvalue weighted by Gasteiger charge is 2.44. The number of aliphatic hydroxyl groups is 1. The summed E-state index contributed by atoms with van der Waals surface area (Å²) in [6.45, 7) is 3.35. The molecule has 1 heterocycles. The Morgan fingerprint density at radius 2 is 2.09 bits per heavy atom. The maximum absolute atomic E-state index is 12.0. The average Bonchev–Trinajstić information content (AvgIpc) is 2.48. The van der Waals surface area contributed by atoms with Gasteiger partial charge in [-0.15, -0.1) is 0 Å². The molecule has 2 atom stereocenters. The van der Waals surface area contributed by atoms with E-state index >= 15 is 0 Å². The van der Waals surface area contributed by atoms with Crippen molar-refractivity contribution >= 4 is 11.9 Å². The topological polar surface area (TPSA) is 120 Å². The normalized spacial score (nSPS) is 21.5. The standard InChI is InChI=1S/C16H18N2O5/c1-16(2)15(22)14(18-11(19)6-7-12(20)21)13-9(8-17)4-3-5-10(13)23-16/h3-5,14-15,22H,6-7H2,1-2H3,(H,18,19)(H,20,21). The number of carboxylic acid groups (broad SMARTS) is 1. The van der Waals surface area contributed by atoms with Gasteiger partial charge in [0.15, 0.2) is 0 Å². The van der Waals surface area contributed by atoms with Gasteiger partial charge in [-0.05, 0) is 26.0 Å². The molecule has 7 heteroatoms. The maximum Gasteiger partial charge on any atom is 0.303 e. The number of hydrogen-bond acceptors (Lipinski definition) is 5. The Kier molecular flexibility index (Phi) is 4.57. The van der Waals surface area contributed by atoms with Gasteiger partial charge < -0.3 is 20.3 Å². The van der Waals surface area contributed by atoms with E-state index < -0.39 is 29.6 Å². The van der Waals surface area contributed by atoms with E-state index in [2.05, 4.69) is 5.32 Å². The Balaban J connectivity index is 2.36. The molecular formula is C16H18N2O5. The fourth-order valence-corrected chi connectivity index (χ4v) is 2.57. The molecule has 7 nitrogen and oxygen atoms in total. The Morgan fingerprint density at radius 3 is 2.70 bits per heavy atom. The van der Waals surface area contributed by atoms with Gasteiger partial charge in [0.2, 0.25) is 5.91 Å². The van der Waals surface area contributed by atoms with Crippen molar-refractivity contribution < 1.29 is 24.5 Å². The number of amides is 1. The second-order valence-electron chi connectivity index (χ2n) is 5.92. The van der Waals surface area contributed by atoms with Gasteiger partial charge in [0.1, 0.15) is 17.5 Å². The number of ether oxygens (including phenoxy) is 1. The highest BCUT2D eigenvalue weighted by atomic mass is 16.5. The van der Waals surface area contributed by atoms with E-state index in [1.807, 2.05) is 6.07 Å². The van der Waals surface area contributed by atoms with Gasteiger partial charge in [-0.2, -0.15) is 5.26 Å². The number of nitrogens with one attached hydrogen (secondary N) is 1. The molecule has 1 aliphatic rings. The van der Waals surface area contributed by atoms with Crippen molar-refractivity contribution in [2.75, 3.05) is 0 Å². The molecule has 1 aromatic rings. The van der Waals surface area contributed by atoms with Gasteiger partial charge in [0, 0.05) is 12.0 Å². The van der Waals surface area contributed by atoms with Crippen molar-refractivity contribution in [3.63, 3.8) is 0 Å². The summed E-state index contributed by atoms with van der Waals surface area (Å²) in [6.07, 6.45) is -1.59. The minimum Gasteiger partial charge on any atom is -0.485 e. The first kappa shape index (κ1) is 16.8. The fourth-order valence-electron chi connectivity index (χ4n) is 2.57. The first-order valence-corrected chi connectivity index (χ1v) is 7.17. The smallest absolute Gasteiger partial charge is 0.303 e. The van der Waals surface area contributed by atoms with Gasteiger partial charge in [-0.1, -0.05) is 6.07 Å². The third kappa shape index (κ3) is 3.43. The van der Waals surface area contributed by atoms with Crippen LogP contribution in [0, 0.1) is 11.3 Å². The molecule has 0 saturated carbocycles. The molecule has 0 saturated heterocycles. The SMILES string of the molecule is CC1(C)Oc2cccc(C#N)c2C(NC(=O)CCC(=O)O)C1O. The molecule has 1 amide bonds. The van der Waals surface area contributed by atoms with Gasteiger partial charge in [-0.25, -0.2) is 0 Å². The highest BCUT2D eigenvalue weighted by Crippen LogP contribution is 2.41. The van der Waals surface area contributed by atoms with Crippen LogP contribution < -0.4 is 10.1 Å². The molecule has 0 fully saturated rings. The van der Waals surface area contributed by atoms with Crippen molar-refractivity contribution in [1.82, 2.24) is 5.32 Å². The first-order chi connectivity index (χ1) is 10.8. The van der Waals surface area contributed by atoms with Crippen LogP contribution in [0.15, 0.2) is 18.2 Å². The number of rotatable bonds is 4. The van der Waals surface area contributed by atoms with Crippen LogP contribution in [0.4, 0.5) is 0 Å². The maximum atomic E-state index is 12.0. The zero-order valence-corrected chi connectivity index (χ0v) is 12.9. The molecule has 0 aromatic heterocycles. The zero-order valence-electron chi connectivity index (χ0n) is 12.9. The van der Waals surface area contributed by atoms with Gasteiger partial charge >= 0.3 is 5.97 Å². The number of aliphatic hydroxyl groups excluding tert-OH is 1. The monoisotopic (exact) mass is 318 g/mol. The molecule has 0 spiro atoms. The number of carbonyl (C=O) groups is 2. The van der Waals surface area contributed by atoms with Crippen molar-refractivity contribution in [3.05, 3.63) is 29.3 Å². The predicted octanol–water partition coefficient (Wildman–Crippen LogP) is 1.11. The second-order valence-corrected chi connectivity index (χ2v) is 5.92. The lowest BCUT2D eigenvalue weighted by Gasteiger charge is -2.42. The van der Waals surface area contributed by atoms with Crippen LogP contribution in [0.1, 0.15) is 43.9 Å². The Hall–Kier alpha value is -2.59. The van der Waals surface area contributed by atoms with Gasteiger partial charge in [0.05, 0.1) is 24.1 Å². The summed E-state index contributed by atoms with van der Waals surface area (Å²) >= 11 is 0. The van der Waals surface area contributed by atoms with Crippen molar-refractivity contribution in [2.45, 2.75) is 44.4 Å². The van der Waals surface area contributed by atoms with Gasteiger partial charge in [-0.3, -0.25) is 9.59 Å². The predicted molar refractivity (Wildman–Crippen MR) is 79.6 cm³/mol. The molecule has 23 heavy (non-hydrogen) atoms. The van der Waals surface area contributed by atoms with E-state index in [4.69, 9.17) is 9.84 Å². The van der Waals surface area contributed by atoms with Crippen LogP contribution >= 0.6 is 0 Å². The van der Waals surface area contributed by atoms with E-state index in [0.717, 1.165) is 0 Å². The van der Waals surface area contributed by atoms with E-state index in [1.165, 1.54) is 0 Å². The largest absolute Gasteiger partial charge is 0.485 e. The molecular weight excluding hydrogens is 300 g/mol. The minimum absolute atomic E-state index is 0.204. The fraction of sp³-hybridized carbons (Fsp3) is 0.438. The molecule has 0 bridgehead atoms. The number of aliphatic carboxylic acids is 1. The summed E-state index contributed by atoms with van der Waals surface area (Å²) in [6, 6.07) is 6.08. The number of carboxylic acids is 1. The van der Waals surface area contributed by atoms with Crippen molar-refractivity contribution in [2.24, 2.45) is 0 Å². The highest BCUT2D eigenvalue weighted by molar-refractivity contribution is 5.81. The number of hydrogen-bond donors (Lipinski definition) is 3. The molecule has 122 valence electrons. The first-order valence-electron chi connectivity index (χ1n) is 7.17. The lowest BCUT2D eigenvalue weighted by atomic mass is 9.84. The second kappa shape index (κ2) is 6.26.